The number of hydrogen-bond donors (Lipinski definition) is 1. The minimum atomic E-state index is -1.52. The molecule has 2 fully saturated rings. The molecule has 1 aliphatic carbocycles. The first-order valence-corrected chi connectivity index (χ1v) is 12.4. The fourth-order valence-electron chi connectivity index (χ4n) is 4.47. The smallest absolute Gasteiger partial charge is 0.330 e. The first-order chi connectivity index (χ1) is 15.6. The lowest BCUT2D eigenvalue weighted by Gasteiger charge is -2.43. The molecule has 0 spiro atoms. The summed E-state index contributed by atoms with van der Waals surface area (Å²) in [4.78, 5) is 30.1. The molecule has 1 N–H and O–H groups in total. The van der Waals surface area contributed by atoms with Gasteiger partial charge < -0.3 is 18.6 Å². The van der Waals surface area contributed by atoms with Crippen molar-refractivity contribution in [1.82, 2.24) is 14.2 Å². The fraction of sp³-hybridized carbons (Fsp3) is 0.773. The van der Waals surface area contributed by atoms with Gasteiger partial charge in [0.05, 0.1) is 6.10 Å². The number of aromatic amines is 1. The molecule has 0 radical (unpaired) electrons. The maximum absolute atomic E-state index is 12.5. The number of fused-ring (bicyclic) bond motifs is 1. The monoisotopic (exact) mass is 467 g/mol. The summed E-state index contributed by atoms with van der Waals surface area (Å²) in [5.74, 6) is 0. The molecule has 1 aromatic rings. The van der Waals surface area contributed by atoms with Gasteiger partial charge in [0.1, 0.15) is 18.4 Å². The number of nitrogens with one attached hydrogen (secondary N) is 1. The van der Waals surface area contributed by atoms with E-state index in [4.69, 9.17) is 21.7 Å². The molecule has 178 valence electrons. The maximum Gasteiger partial charge on any atom is 0.330 e. The summed E-state index contributed by atoms with van der Waals surface area (Å²) in [6, 6.07) is 0.300. The molecule has 1 saturated carbocycles. The minimum Gasteiger partial charge on any atom is -0.352 e. The summed E-state index contributed by atoms with van der Waals surface area (Å²) >= 11 is 0. The molecular formula is C22H35N4O5P. The van der Waals surface area contributed by atoms with Crippen molar-refractivity contribution in [2.24, 2.45) is 0 Å². The minimum absolute atomic E-state index is 0.150. The van der Waals surface area contributed by atoms with Crippen LogP contribution in [0, 0.1) is 13.5 Å². The third kappa shape index (κ3) is 5.32. The molecule has 0 bridgehead atoms. The van der Waals surface area contributed by atoms with E-state index < -0.39 is 44.1 Å². The van der Waals surface area contributed by atoms with Crippen LogP contribution in [0.15, 0.2) is 15.8 Å². The van der Waals surface area contributed by atoms with Crippen molar-refractivity contribution < 1.29 is 15.2 Å². The Bertz CT molecular complexity index is 969. The van der Waals surface area contributed by atoms with E-state index in [0.29, 0.717) is 24.8 Å². The second kappa shape index (κ2) is 10.6. The molecular weight excluding hydrogens is 431 g/mol. The average molecular weight is 468 g/mol. The van der Waals surface area contributed by atoms with Crippen LogP contribution in [0.1, 0.15) is 72.9 Å². The third-order valence-electron chi connectivity index (χ3n) is 5.89. The molecule has 1 aromatic heterocycles. The van der Waals surface area contributed by atoms with Crippen molar-refractivity contribution >= 4 is 8.53 Å². The van der Waals surface area contributed by atoms with Crippen molar-refractivity contribution in [1.29, 1.82) is 0 Å². The van der Waals surface area contributed by atoms with Gasteiger partial charge in [-0.2, -0.15) is 0 Å². The van der Waals surface area contributed by atoms with Crippen molar-refractivity contribution in [2.75, 3.05) is 13.2 Å². The highest BCUT2D eigenvalue weighted by molar-refractivity contribution is 7.44. The van der Waals surface area contributed by atoms with Crippen LogP contribution in [0.2, 0.25) is 0 Å². The number of aromatic nitrogens is 2. The Balaban J connectivity index is 1.96. The molecule has 1 saturated heterocycles. The average Bonchev–Trinajstić information content (AvgIpc) is 3.11. The zero-order valence-electron chi connectivity index (χ0n) is 20.5. The Morgan fingerprint density at radius 3 is 2.78 bits per heavy atom. The van der Waals surface area contributed by atoms with Crippen molar-refractivity contribution in [2.45, 2.75) is 96.7 Å². The first-order valence-electron chi connectivity index (χ1n) is 11.8. The Kier molecular flexibility index (Phi) is 7.80. The first kappa shape index (κ1) is 23.6. The van der Waals surface area contributed by atoms with Gasteiger partial charge in [-0.15, -0.1) is 0 Å². The van der Waals surface area contributed by atoms with Gasteiger partial charge >= 0.3 is 5.69 Å². The molecule has 3 rings (SSSR count). The molecule has 32 heavy (non-hydrogen) atoms. The van der Waals surface area contributed by atoms with E-state index in [0.717, 1.165) is 6.42 Å². The largest absolute Gasteiger partial charge is 0.352 e. The highest BCUT2D eigenvalue weighted by atomic mass is 31.2. The van der Waals surface area contributed by atoms with Crippen LogP contribution in [0.3, 0.4) is 0 Å². The van der Waals surface area contributed by atoms with E-state index in [2.05, 4.69) is 42.2 Å². The molecule has 5 atom stereocenters. The normalized spacial score (nSPS) is 29.2. The van der Waals surface area contributed by atoms with Gasteiger partial charge in [0.15, 0.2) is 0 Å². The van der Waals surface area contributed by atoms with E-state index in [-0.39, 0.29) is 25.2 Å². The van der Waals surface area contributed by atoms with E-state index in [1.165, 1.54) is 10.8 Å². The van der Waals surface area contributed by atoms with Crippen LogP contribution in [-0.2, 0) is 13.8 Å². The quantitative estimate of drug-likeness (QED) is 0.338. The Morgan fingerprint density at radius 1 is 1.41 bits per heavy atom. The molecule has 1 unspecified atom stereocenters. The second-order valence-corrected chi connectivity index (χ2v) is 10.4. The predicted octanol–water partition coefficient (Wildman–Crippen LogP) is 3.74. The van der Waals surface area contributed by atoms with E-state index >= 15 is 0 Å². The van der Waals surface area contributed by atoms with Crippen LogP contribution < -0.4 is 11.2 Å². The number of ether oxygens (including phenoxy) is 1. The molecule has 2 heterocycles. The number of H-pyrrole nitrogens is 1. The van der Waals surface area contributed by atoms with Crippen molar-refractivity contribution in [3.8, 4) is 0 Å². The van der Waals surface area contributed by atoms with Crippen LogP contribution in [0.5, 0.6) is 0 Å². The highest BCUT2D eigenvalue weighted by Crippen LogP contribution is 2.57. The molecule has 0 aromatic carbocycles. The van der Waals surface area contributed by atoms with E-state index in [1.54, 1.807) is 6.92 Å². The summed E-state index contributed by atoms with van der Waals surface area (Å²) in [6.07, 6.45) is 2.44. The number of rotatable bonds is 9. The summed E-state index contributed by atoms with van der Waals surface area (Å²) in [5.41, 5.74) is -1.32. The van der Waals surface area contributed by atoms with Crippen LogP contribution in [-0.4, -0.2) is 51.2 Å². The summed E-state index contributed by atoms with van der Waals surface area (Å²) in [7, 11) is -1.52. The summed E-state index contributed by atoms with van der Waals surface area (Å²) in [6.45, 7) is 17.6. The summed E-state index contributed by atoms with van der Waals surface area (Å²) < 4.78 is 31.4. The standard InChI is InChI=1S/C22H35N4O5P/c1-15(2)26(16(3)4)32(29-12-11-23-6)31-22-10-8-7-9-18(22)30-19(13-22)25-14-17(5)20(27)24-21(25)28/h14-16,18-19H,7-13H2,1-5H3,(H,24,27,28)/t18-,19+,22+,32?/m0/s1/i9D/t9-,18-,19+,22+,32?. The zero-order chi connectivity index (χ0) is 24.3. The molecule has 2 aliphatic rings. The second-order valence-electron chi connectivity index (χ2n) is 9.00. The molecule has 1 aliphatic heterocycles. The van der Waals surface area contributed by atoms with Gasteiger partial charge in [-0.1, -0.05) is 12.8 Å². The molecule has 10 heteroatoms. The van der Waals surface area contributed by atoms with Gasteiger partial charge in [0, 0.05) is 31.6 Å². The topological polar surface area (TPSA) is 90.2 Å². The van der Waals surface area contributed by atoms with E-state index in [1.807, 2.05) is 0 Å². The van der Waals surface area contributed by atoms with Crippen molar-refractivity contribution in [3.63, 3.8) is 0 Å². The summed E-state index contributed by atoms with van der Waals surface area (Å²) in [5, 5.41) is 0. The van der Waals surface area contributed by atoms with Gasteiger partial charge in [-0.3, -0.25) is 14.3 Å². The van der Waals surface area contributed by atoms with Crippen LogP contribution in [0.25, 0.3) is 4.85 Å². The van der Waals surface area contributed by atoms with Gasteiger partial charge in [0.2, 0.25) is 6.54 Å². The predicted molar refractivity (Wildman–Crippen MR) is 123 cm³/mol. The van der Waals surface area contributed by atoms with E-state index in [9.17, 15) is 9.59 Å². The lowest BCUT2D eigenvalue weighted by atomic mass is 9.81. The lowest BCUT2D eigenvalue weighted by Crippen LogP contribution is -2.45. The Hall–Kier alpha value is -1.56. The number of hydrogen-bond acceptors (Lipinski definition) is 6. The Morgan fingerprint density at radius 2 is 2.12 bits per heavy atom. The molecule has 9 nitrogen and oxygen atoms in total. The van der Waals surface area contributed by atoms with Gasteiger partial charge in [0.25, 0.3) is 14.1 Å². The maximum atomic E-state index is 12.5. The third-order valence-corrected chi connectivity index (χ3v) is 8.12. The fourth-order valence-corrected chi connectivity index (χ4v) is 6.32. The molecule has 0 amide bonds. The SMILES string of the molecule is [2H][C@H]1CCC[C@@]2(OP(OCC[N+]#[C-])N(C(C)C)C(C)C)C[C@H](n3cc(C)c(=O)[nH]c3=O)O[C@@H]12. The number of aryl methyl sites for hydroxylation is 1. The van der Waals surface area contributed by atoms with Crippen LogP contribution >= 0.6 is 8.53 Å². The number of nitrogens with zero attached hydrogens (tertiary/aromatic N) is 3. The lowest BCUT2D eigenvalue weighted by molar-refractivity contribution is -0.0732. The zero-order valence-corrected chi connectivity index (χ0v) is 20.4. The van der Waals surface area contributed by atoms with Crippen molar-refractivity contribution in [3.05, 3.63) is 44.0 Å². The van der Waals surface area contributed by atoms with Gasteiger partial charge in [-0.05, 0) is 47.4 Å². The highest BCUT2D eigenvalue weighted by Gasteiger charge is 2.54. The van der Waals surface area contributed by atoms with Crippen LogP contribution in [0.4, 0.5) is 0 Å². The van der Waals surface area contributed by atoms with Gasteiger partial charge in [-0.25, -0.2) is 16.0 Å². The Labute approximate surface area is 192 Å².